The Balaban J connectivity index is 1.66. The number of rotatable bonds is 8. The average Bonchev–Trinajstić information content (AvgIpc) is 3.34. The molecular weight excluding hydrogens is 395 g/mol. The molecule has 0 saturated heterocycles. The minimum atomic E-state index is -0.284. The molecule has 1 amide bonds. The van der Waals surface area contributed by atoms with Crippen molar-refractivity contribution in [2.24, 2.45) is 5.92 Å². The minimum absolute atomic E-state index is 0.0867. The Morgan fingerprint density at radius 3 is 2.61 bits per heavy atom. The molecule has 148 valence electrons. The van der Waals surface area contributed by atoms with E-state index in [2.05, 4.69) is 15.5 Å². The lowest BCUT2D eigenvalue weighted by atomic mass is 9.96. The number of hydrogen-bond donors (Lipinski definition) is 1. The van der Waals surface area contributed by atoms with Crippen molar-refractivity contribution in [3.63, 3.8) is 0 Å². The van der Waals surface area contributed by atoms with E-state index in [1.807, 2.05) is 42.9 Å². The summed E-state index contributed by atoms with van der Waals surface area (Å²) in [6, 6.07) is 10.1. The Labute approximate surface area is 172 Å². The number of carbonyl (C=O) groups is 1. The molecular formula is C20H23FN4OS2. The number of nitrogens with one attached hydrogen (secondary N) is 1. The molecule has 1 N–H and O–H groups in total. The number of nitrogens with zero attached hydrogens (tertiary/aromatic N) is 3. The van der Waals surface area contributed by atoms with Crippen molar-refractivity contribution in [1.82, 2.24) is 20.1 Å². The molecule has 1 atom stereocenters. The van der Waals surface area contributed by atoms with E-state index in [1.54, 1.807) is 23.5 Å². The van der Waals surface area contributed by atoms with Gasteiger partial charge in [-0.05, 0) is 42.0 Å². The third-order valence-electron chi connectivity index (χ3n) is 4.32. The van der Waals surface area contributed by atoms with Gasteiger partial charge in [-0.25, -0.2) is 4.39 Å². The van der Waals surface area contributed by atoms with Gasteiger partial charge in [0, 0.05) is 6.54 Å². The molecule has 5 nitrogen and oxygen atoms in total. The Kier molecular flexibility index (Phi) is 6.85. The third kappa shape index (κ3) is 4.80. The molecule has 8 heteroatoms. The summed E-state index contributed by atoms with van der Waals surface area (Å²) >= 11 is 2.99. The first kappa shape index (κ1) is 20.5. The van der Waals surface area contributed by atoms with E-state index in [4.69, 9.17) is 0 Å². The number of aromatic nitrogens is 3. The van der Waals surface area contributed by atoms with Crippen molar-refractivity contribution in [3.05, 3.63) is 53.2 Å². The fourth-order valence-electron chi connectivity index (χ4n) is 2.92. The summed E-state index contributed by atoms with van der Waals surface area (Å²) in [6.07, 6.45) is 0. The summed E-state index contributed by atoms with van der Waals surface area (Å²) in [6.45, 7) is 6.83. The van der Waals surface area contributed by atoms with Gasteiger partial charge in [0.1, 0.15) is 5.82 Å². The number of hydrogen-bond acceptors (Lipinski definition) is 5. The molecule has 1 unspecified atom stereocenters. The molecule has 0 radical (unpaired) electrons. The fraction of sp³-hybridized carbons (Fsp3) is 0.350. The Hall–Kier alpha value is -2.19. The number of amides is 1. The van der Waals surface area contributed by atoms with Crippen LogP contribution >= 0.6 is 23.1 Å². The zero-order chi connectivity index (χ0) is 20.1. The summed E-state index contributed by atoms with van der Waals surface area (Å²) in [4.78, 5) is 13.6. The third-order valence-corrected chi connectivity index (χ3v) is 6.15. The van der Waals surface area contributed by atoms with Crippen LogP contribution in [0, 0.1) is 11.7 Å². The van der Waals surface area contributed by atoms with Crippen molar-refractivity contribution in [3.8, 4) is 10.7 Å². The largest absolute Gasteiger partial charge is 0.348 e. The normalized spacial score (nSPS) is 12.3. The zero-order valence-corrected chi connectivity index (χ0v) is 17.7. The van der Waals surface area contributed by atoms with Crippen molar-refractivity contribution >= 4 is 29.0 Å². The average molecular weight is 419 g/mol. The van der Waals surface area contributed by atoms with Crippen LogP contribution in [0.25, 0.3) is 10.7 Å². The van der Waals surface area contributed by atoms with Gasteiger partial charge in [0.25, 0.3) is 0 Å². The molecule has 3 rings (SSSR count). The van der Waals surface area contributed by atoms with Crippen LogP contribution in [0.15, 0.2) is 46.9 Å². The second-order valence-corrected chi connectivity index (χ2v) is 8.55. The molecule has 0 aliphatic rings. The van der Waals surface area contributed by atoms with Gasteiger partial charge in [-0.1, -0.05) is 43.8 Å². The van der Waals surface area contributed by atoms with Gasteiger partial charge in [-0.15, -0.1) is 21.5 Å². The summed E-state index contributed by atoms with van der Waals surface area (Å²) in [5.74, 6) is 0.883. The van der Waals surface area contributed by atoms with Gasteiger partial charge in [0.2, 0.25) is 5.91 Å². The summed E-state index contributed by atoms with van der Waals surface area (Å²) in [5, 5.41) is 14.3. The Bertz CT molecular complexity index is 907. The van der Waals surface area contributed by atoms with Crippen molar-refractivity contribution in [2.45, 2.75) is 38.5 Å². The molecule has 0 saturated carbocycles. The van der Waals surface area contributed by atoms with E-state index >= 15 is 0 Å². The highest BCUT2D eigenvalue weighted by Gasteiger charge is 2.20. The molecule has 3 aromatic rings. The van der Waals surface area contributed by atoms with Crippen LogP contribution in [0.3, 0.4) is 0 Å². The van der Waals surface area contributed by atoms with Crippen LogP contribution in [0.4, 0.5) is 4.39 Å². The van der Waals surface area contributed by atoms with Gasteiger partial charge in [0.05, 0.1) is 16.7 Å². The number of thiophene rings is 1. The first-order valence-corrected chi connectivity index (χ1v) is 11.0. The monoisotopic (exact) mass is 418 g/mol. The van der Waals surface area contributed by atoms with Crippen molar-refractivity contribution in [1.29, 1.82) is 0 Å². The van der Waals surface area contributed by atoms with Crippen LogP contribution in [0.1, 0.15) is 32.4 Å². The molecule has 0 fully saturated rings. The van der Waals surface area contributed by atoms with Crippen LogP contribution in [0.2, 0.25) is 0 Å². The number of thioether (sulfide) groups is 1. The first-order valence-electron chi connectivity index (χ1n) is 9.14. The summed E-state index contributed by atoms with van der Waals surface area (Å²) in [5.41, 5.74) is 0.895. The molecule has 2 heterocycles. The molecule has 0 spiro atoms. The number of carbonyl (C=O) groups excluding carboxylic acids is 1. The number of halogens is 1. The van der Waals surface area contributed by atoms with E-state index in [1.165, 1.54) is 23.9 Å². The van der Waals surface area contributed by atoms with Gasteiger partial charge < -0.3 is 9.88 Å². The SMILES string of the molecule is CCn1c(SCC(=O)NC(c2ccc(F)cc2)C(C)C)nnc1-c1cccs1. The van der Waals surface area contributed by atoms with E-state index in [0.29, 0.717) is 0 Å². The molecule has 28 heavy (non-hydrogen) atoms. The van der Waals surface area contributed by atoms with Crippen LogP contribution < -0.4 is 5.32 Å². The highest BCUT2D eigenvalue weighted by Crippen LogP contribution is 2.27. The summed E-state index contributed by atoms with van der Waals surface area (Å²) in [7, 11) is 0. The molecule has 0 bridgehead atoms. The van der Waals surface area contributed by atoms with Gasteiger partial charge >= 0.3 is 0 Å². The van der Waals surface area contributed by atoms with E-state index < -0.39 is 0 Å². The second kappa shape index (κ2) is 9.34. The van der Waals surface area contributed by atoms with E-state index in [9.17, 15) is 9.18 Å². The molecule has 2 aromatic heterocycles. The van der Waals surface area contributed by atoms with Crippen LogP contribution in [-0.2, 0) is 11.3 Å². The van der Waals surface area contributed by atoms with Gasteiger partial charge in [-0.3, -0.25) is 4.79 Å². The lowest BCUT2D eigenvalue weighted by Crippen LogP contribution is -2.33. The number of benzene rings is 1. The van der Waals surface area contributed by atoms with Crippen molar-refractivity contribution in [2.75, 3.05) is 5.75 Å². The molecule has 0 aliphatic carbocycles. The highest BCUT2D eigenvalue weighted by atomic mass is 32.2. The Morgan fingerprint density at radius 2 is 2.00 bits per heavy atom. The predicted molar refractivity (Wildman–Crippen MR) is 112 cm³/mol. The maximum Gasteiger partial charge on any atom is 0.230 e. The smallest absolute Gasteiger partial charge is 0.230 e. The maximum atomic E-state index is 13.2. The first-order chi connectivity index (χ1) is 13.5. The molecule has 1 aromatic carbocycles. The predicted octanol–water partition coefficient (Wildman–Crippen LogP) is 4.77. The fourth-order valence-corrected chi connectivity index (χ4v) is 4.45. The van der Waals surface area contributed by atoms with Crippen LogP contribution in [-0.4, -0.2) is 26.4 Å². The zero-order valence-electron chi connectivity index (χ0n) is 16.1. The van der Waals surface area contributed by atoms with E-state index in [-0.39, 0.29) is 29.4 Å². The topological polar surface area (TPSA) is 59.8 Å². The quantitative estimate of drug-likeness (QED) is 0.535. The highest BCUT2D eigenvalue weighted by molar-refractivity contribution is 7.99. The summed E-state index contributed by atoms with van der Waals surface area (Å²) < 4.78 is 15.2. The van der Waals surface area contributed by atoms with Gasteiger partial charge in [-0.2, -0.15) is 0 Å². The molecule has 0 aliphatic heterocycles. The minimum Gasteiger partial charge on any atom is -0.348 e. The van der Waals surface area contributed by atoms with Crippen LogP contribution in [0.5, 0.6) is 0 Å². The lowest BCUT2D eigenvalue weighted by Gasteiger charge is -2.23. The Morgan fingerprint density at radius 1 is 1.25 bits per heavy atom. The van der Waals surface area contributed by atoms with Gasteiger partial charge in [0.15, 0.2) is 11.0 Å². The maximum absolute atomic E-state index is 13.2. The van der Waals surface area contributed by atoms with Crippen molar-refractivity contribution < 1.29 is 9.18 Å². The second-order valence-electron chi connectivity index (χ2n) is 6.66. The van der Waals surface area contributed by atoms with E-state index in [0.717, 1.165) is 28.0 Å². The standard InChI is InChI=1S/C20H23FN4OS2/c1-4-25-19(16-6-5-11-27-16)23-24-20(25)28-12-17(26)22-18(13(2)3)14-7-9-15(21)10-8-14/h5-11,13,18H,4,12H2,1-3H3,(H,22,26). The lowest BCUT2D eigenvalue weighted by molar-refractivity contribution is -0.119.